The maximum atomic E-state index is 4.83. The Labute approximate surface area is 193 Å². The number of hydrogen-bond acceptors (Lipinski definition) is 0. The third kappa shape index (κ3) is 7.59. The molecule has 5 heteroatoms. The summed E-state index contributed by atoms with van der Waals surface area (Å²) < 4.78 is 0. The zero-order chi connectivity index (χ0) is 21.0. The van der Waals surface area contributed by atoms with Gasteiger partial charge >= 0.3 is 41.5 Å². The van der Waals surface area contributed by atoms with Gasteiger partial charge in [0.2, 0.25) is 0 Å². The van der Waals surface area contributed by atoms with Gasteiger partial charge in [-0.3, -0.25) is 0 Å². The molecule has 0 aliphatic rings. The van der Waals surface area contributed by atoms with Gasteiger partial charge in [-0.05, 0) is 49.2 Å². The molecule has 0 atom stereocenters. The number of halogens is 3. The Morgan fingerprint density at radius 2 is 0.931 bits per heavy atom. The predicted molar refractivity (Wildman–Crippen MR) is 132 cm³/mol. The van der Waals surface area contributed by atoms with Crippen LogP contribution in [0, 0.1) is 0 Å². The number of rotatable bonds is 8. The van der Waals surface area contributed by atoms with Crippen molar-refractivity contribution in [2.45, 2.75) is 32.6 Å². The molecule has 0 amide bonds. The van der Waals surface area contributed by atoms with Gasteiger partial charge in [-0.1, -0.05) is 74.4 Å². The summed E-state index contributed by atoms with van der Waals surface area (Å²) in [4.78, 5) is 0. The van der Waals surface area contributed by atoms with Gasteiger partial charge in [-0.15, -0.1) is 0 Å². The molecule has 0 aromatic heterocycles. The molecule has 0 fully saturated rings. The molecule has 0 radical (unpaired) electrons. The molecule has 0 N–H and O–H groups in total. The van der Waals surface area contributed by atoms with Crippen molar-refractivity contribution in [3.8, 4) is 0 Å². The fraction of sp³-hybridized carbons (Fsp3) is 0.250. The molecule has 0 aliphatic heterocycles. The summed E-state index contributed by atoms with van der Waals surface area (Å²) in [6, 6.07) is 33.6. The van der Waals surface area contributed by atoms with Crippen molar-refractivity contribution in [2.75, 3.05) is 6.16 Å². The molecule has 0 saturated carbocycles. The quantitative estimate of drug-likeness (QED) is 0.164. The molecule has 3 aromatic carbocycles. The second-order valence-electron chi connectivity index (χ2n) is 6.73. The molecule has 0 bridgehead atoms. The van der Waals surface area contributed by atoms with Gasteiger partial charge in [-0.2, -0.15) is 0 Å². The molecule has 0 nitrogen and oxygen atoms in total. The SMILES string of the molecule is CCCCCC[P+](c1ccccc1)(c1ccccc1)c1ccccc1.[Cl][Cu-]([Cl])[Cl]. The zero-order valence-corrected chi connectivity index (χ0v) is 20.7. The van der Waals surface area contributed by atoms with E-state index in [0.29, 0.717) is 0 Å². The summed E-state index contributed by atoms with van der Waals surface area (Å²) in [6.07, 6.45) is 6.49. The van der Waals surface area contributed by atoms with Crippen LogP contribution in [0.4, 0.5) is 0 Å². The van der Waals surface area contributed by atoms with Gasteiger partial charge in [0.25, 0.3) is 0 Å². The van der Waals surface area contributed by atoms with Crippen LogP contribution in [0.15, 0.2) is 91.0 Å². The first-order valence-corrected chi connectivity index (χ1v) is 15.6. The Kier molecular flexibility index (Phi) is 11.7. The molecule has 3 aromatic rings. The summed E-state index contributed by atoms with van der Waals surface area (Å²) in [5.41, 5.74) is 0. The van der Waals surface area contributed by atoms with Crippen molar-refractivity contribution in [3.63, 3.8) is 0 Å². The van der Waals surface area contributed by atoms with E-state index in [1.807, 2.05) is 0 Å². The maximum absolute atomic E-state index is 4.83. The average Bonchev–Trinajstić information content (AvgIpc) is 2.76. The average molecular weight is 517 g/mol. The van der Waals surface area contributed by atoms with E-state index < -0.39 is 18.4 Å². The van der Waals surface area contributed by atoms with Gasteiger partial charge in [0.15, 0.2) is 0 Å². The normalized spacial score (nSPS) is 11.4. The van der Waals surface area contributed by atoms with Crippen molar-refractivity contribution in [1.82, 2.24) is 0 Å². The molecule has 0 spiro atoms. The summed E-state index contributed by atoms with van der Waals surface area (Å²) >= 11 is -0.896. The van der Waals surface area contributed by atoms with Gasteiger partial charge in [0, 0.05) is 0 Å². The van der Waals surface area contributed by atoms with E-state index in [9.17, 15) is 0 Å². The van der Waals surface area contributed by atoms with Crippen LogP contribution in [0.1, 0.15) is 32.6 Å². The van der Waals surface area contributed by atoms with Crippen LogP contribution in [-0.2, 0) is 11.2 Å². The molecule has 29 heavy (non-hydrogen) atoms. The number of hydrogen-bond donors (Lipinski definition) is 0. The van der Waals surface area contributed by atoms with E-state index in [1.54, 1.807) is 0 Å². The van der Waals surface area contributed by atoms with Crippen LogP contribution < -0.4 is 15.9 Å². The van der Waals surface area contributed by atoms with Crippen LogP contribution in [0.3, 0.4) is 0 Å². The summed E-state index contributed by atoms with van der Waals surface area (Å²) in [6.45, 7) is 2.29. The van der Waals surface area contributed by atoms with Crippen LogP contribution in [0.2, 0.25) is 0 Å². The molecule has 0 saturated heterocycles. The van der Waals surface area contributed by atoms with E-state index >= 15 is 0 Å². The van der Waals surface area contributed by atoms with Crippen molar-refractivity contribution >= 4 is 53.5 Å². The van der Waals surface area contributed by atoms with Crippen LogP contribution in [0.25, 0.3) is 0 Å². The molecular weight excluding hydrogens is 489 g/mol. The Hall–Kier alpha value is -0.521. The Bertz CT molecular complexity index is 699. The Balaban J connectivity index is 0.000000687. The third-order valence-electron chi connectivity index (χ3n) is 4.94. The predicted octanol–water partition coefficient (Wildman–Crippen LogP) is 7.63. The molecule has 161 valence electrons. The molecule has 3 rings (SSSR count). The van der Waals surface area contributed by atoms with Crippen molar-refractivity contribution < 1.29 is 11.2 Å². The van der Waals surface area contributed by atoms with Gasteiger partial charge in [0.05, 0.1) is 6.16 Å². The van der Waals surface area contributed by atoms with Gasteiger partial charge < -0.3 is 0 Å². The van der Waals surface area contributed by atoms with E-state index in [2.05, 4.69) is 97.9 Å². The summed E-state index contributed by atoms with van der Waals surface area (Å²) in [5.74, 6) is 0. The monoisotopic (exact) mass is 515 g/mol. The third-order valence-corrected chi connectivity index (χ3v) is 9.46. The molecule has 0 aliphatic carbocycles. The van der Waals surface area contributed by atoms with E-state index in [0.717, 1.165) is 0 Å². The van der Waals surface area contributed by atoms with Gasteiger partial charge in [-0.25, -0.2) is 0 Å². The van der Waals surface area contributed by atoms with Crippen molar-refractivity contribution in [1.29, 1.82) is 0 Å². The number of benzene rings is 3. The minimum absolute atomic E-state index is 0.896. The van der Waals surface area contributed by atoms with Crippen molar-refractivity contribution in [3.05, 3.63) is 91.0 Å². The number of unbranched alkanes of at least 4 members (excludes halogenated alkanes) is 3. The second kappa shape index (κ2) is 13.7. The standard InChI is InChI=1S/C24H28P.3ClH.Cu/c1-2-3-4-14-21-25(22-15-8-5-9-16-22,23-17-10-6-11-18-23)24-19-12-7-13-20-24;;;;/h5-13,15-20H,2-4,14,21H2,1H3;3*1H;/q+1;;;;+2/p-3. The molecule has 0 heterocycles. The van der Waals surface area contributed by atoms with Gasteiger partial charge in [0.1, 0.15) is 23.2 Å². The topological polar surface area (TPSA) is 0 Å². The summed E-state index contributed by atoms with van der Waals surface area (Å²) in [7, 11) is 12.9. The van der Waals surface area contributed by atoms with E-state index in [4.69, 9.17) is 30.3 Å². The van der Waals surface area contributed by atoms with Crippen LogP contribution in [-0.4, -0.2) is 6.16 Å². The Morgan fingerprint density at radius 1 is 0.586 bits per heavy atom. The molecular formula is C24H28Cl3CuP. The zero-order valence-electron chi connectivity index (χ0n) is 16.6. The van der Waals surface area contributed by atoms with Crippen LogP contribution >= 0.6 is 37.6 Å². The van der Waals surface area contributed by atoms with E-state index in [1.165, 1.54) is 47.8 Å². The van der Waals surface area contributed by atoms with Crippen molar-refractivity contribution in [2.24, 2.45) is 0 Å². The first-order chi connectivity index (χ1) is 14.1. The second-order valence-corrected chi connectivity index (χ2v) is 15.0. The van der Waals surface area contributed by atoms with Crippen LogP contribution in [0.5, 0.6) is 0 Å². The fourth-order valence-electron chi connectivity index (χ4n) is 3.66. The molecule has 0 unspecified atom stereocenters. The minimum atomic E-state index is -1.59. The first kappa shape index (κ1) is 24.7. The summed E-state index contributed by atoms with van der Waals surface area (Å²) in [5, 5.41) is 4.51. The Morgan fingerprint density at radius 3 is 1.24 bits per heavy atom. The first-order valence-electron chi connectivity index (χ1n) is 9.77. The van der Waals surface area contributed by atoms with E-state index in [-0.39, 0.29) is 0 Å². The fourth-order valence-corrected chi connectivity index (χ4v) is 8.07.